The SMILES string of the molecule is CC(=O)CCCOc1ccc(I)cc1. The molecule has 14 heavy (non-hydrogen) atoms. The molecule has 0 aliphatic carbocycles. The van der Waals surface area contributed by atoms with Crippen molar-refractivity contribution >= 4 is 28.4 Å². The van der Waals surface area contributed by atoms with Crippen molar-refractivity contribution in [2.45, 2.75) is 19.8 Å². The molecule has 1 aromatic carbocycles. The van der Waals surface area contributed by atoms with E-state index in [1.165, 1.54) is 3.57 Å². The standard InChI is InChI=1S/C11H13IO2/c1-9(13)3-2-8-14-11-6-4-10(12)5-7-11/h4-7H,2-3,8H2,1H3. The average molecular weight is 304 g/mol. The van der Waals surface area contributed by atoms with Gasteiger partial charge >= 0.3 is 0 Å². The quantitative estimate of drug-likeness (QED) is 0.617. The number of benzene rings is 1. The molecule has 0 spiro atoms. The van der Waals surface area contributed by atoms with E-state index in [0.717, 1.165) is 12.2 Å². The number of ketones is 1. The summed E-state index contributed by atoms with van der Waals surface area (Å²) in [5, 5.41) is 0. The Morgan fingerprint density at radius 3 is 2.57 bits per heavy atom. The van der Waals surface area contributed by atoms with Gasteiger partial charge in [-0.1, -0.05) is 0 Å². The lowest BCUT2D eigenvalue weighted by Gasteiger charge is -2.04. The van der Waals surface area contributed by atoms with Crippen molar-refractivity contribution in [3.63, 3.8) is 0 Å². The Morgan fingerprint density at radius 1 is 1.36 bits per heavy atom. The van der Waals surface area contributed by atoms with Gasteiger partial charge in [0.05, 0.1) is 6.61 Å². The number of ether oxygens (including phenoxy) is 1. The third kappa shape index (κ3) is 4.60. The summed E-state index contributed by atoms with van der Waals surface area (Å²) >= 11 is 2.25. The Bertz CT molecular complexity index is 293. The maximum atomic E-state index is 10.6. The highest BCUT2D eigenvalue weighted by Crippen LogP contribution is 2.13. The molecule has 0 aromatic heterocycles. The minimum Gasteiger partial charge on any atom is -0.494 e. The highest BCUT2D eigenvalue weighted by Gasteiger charge is 1.95. The molecule has 0 atom stereocenters. The van der Waals surface area contributed by atoms with Crippen molar-refractivity contribution in [3.8, 4) is 5.75 Å². The zero-order valence-corrected chi connectivity index (χ0v) is 10.3. The van der Waals surface area contributed by atoms with E-state index >= 15 is 0 Å². The average Bonchev–Trinajstić information content (AvgIpc) is 2.15. The highest BCUT2D eigenvalue weighted by atomic mass is 127. The van der Waals surface area contributed by atoms with Crippen molar-refractivity contribution in [1.82, 2.24) is 0 Å². The van der Waals surface area contributed by atoms with E-state index in [-0.39, 0.29) is 5.78 Å². The first-order valence-corrected chi connectivity index (χ1v) is 5.64. The molecule has 76 valence electrons. The smallest absolute Gasteiger partial charge is 0.129 e. The summed E-state index contributed by atoms with van der Waals surface area (Å²) in [6.07, 6.45) is 1.39. The Morgan fingerprint density at radius 2 is 2.00 bits per heavy atom. The number of carbonyl (C=O) groups excluding carboxylic acids is 1. The van der Waals surface area contributed by atoms with Crippen LogP contribution < -0.4 is 4.74 Å². The van der Waals surface area contributed by atoms with Crippen molar-refractivity contribution in [2.75, 3.05) is 6.61 Å². The van der Waals surface area contributed by atoms with Crippen molar-refractivity contribution in [1.29, 1.82) is 0 Å². The Labute approximate surface area is 97.8 Å². The third-order valence-electron chi connectivity index (χ3n) is 1.76. The number of rotatable bonds is 5. The molecular weight excluding hydrogens is 291 g/mol. The molecular formula is C11H13IO2. The lowest BCUT2D eigenvalue weighted by molar-refractivity contribution is -0.117. The zero-order valence-electron chi connectivity index (χ0n) is 8.13. The maximum Gasteiger partial charge on any atom is 0.129 e. The first-order chi connectivity index (χ1) is 6.68. The van der Waals surface area contributed by atoms with Gasteiger partial charge in [0.15, 0.2) is 0 Å². The molecule has 0 bridgehead atoms. The Kier molecular flexibility index (Phi) is 4.93. The molecule has 0 fully saturated rings. The predicted octanol–water partition coefficient (Wildman–Crippen LogP) is 3.04. The van der Waals surface area contributed by atoms with E-state index in [1.54, 1.807) is 6.92 Å². The monoisotopic (exact) mass is 304 g/mol. The summed E-state index contributed by atoms with van der Waals surface area (Å²) in [7, 11) is 0. The van der Waals surface area contributed by atoms with Crippen LogP contribution in [0.1, 0.15) is 19.8 Å². The lowest BCUT2D eigenvalue weighted by Crippen LogP contribution is -2.00. The van der Waals surface area contributed by atoms with Gasteiger partial charge in [-0.3, -0.25) is 0 Å². The summed E-state index contributed by atoms with van der Waals surface area (Å²) in [5.41, 5.74) is 0. The van der Waals surface area contributed by atoms with Gasteiger partial charge in [0.1, 0.15) is 11.5 Å². The zero-order chi connectivity index (χ0) is 10.4. The van der Waals surface area contributed by atoms with E-state index < -0.39 is 0 Å². The topological polar surface area (TPSA) is 26.3 Å². The van der Waals surface area contributed by atoms with Crippen LogP contribution in [0.2, 0.25) is 0 Å². The predicted molar refractivity (Wildman–Crippen MR) is 64.6 cm³/mol. The van der Waals surface area contributed by atoms with Crippen LogP contribution in [-0.2, 0) is 4.79 Å². The number of hydrogen-bond acceptors (Lipinski definition) is 2. The van der Waals surface area contributed by atoms with Gasteiger partial charge in [0.25, 0.3) is 0 Å². The second-order valence-electron chi connectivity index (χ2n) is 3.11. The minimum absolute atomic E-state index is 0.219. The van der Waals surface area contributed by atoms with Crippen LogP contribution in [0.25, 0.3) is 0 Å². The van der Waals surface area contributed by atoms with Crippen LogP contribution in [0.4, 0.5) is 0 Å². The Balaban J connectivity index is 2.25. The van der Waals surface area contributed by atoms with E-state index in [2.05, 4.69) is 22.6 Å². The third-order valence-corrected chi connectivity index (χ3v) is 2.47. The van der Waals surface area contributed by atoms with E-state index in [0.29, 0.717) is 13.0 Å². The van der Waals surface area contributed by atoms with Gasteiger partial charge in [0, 0.05) is 9.99 Å². The lowest BCUT2D eigenvalue weighted by atomic mass is 10.2. The molecule has 3 heteroatoms. The van der Waals surface area contributed by atoms with Gasteiger partial charge in [-0.15, -0.1) is 0 Å². The molecule has 1 rings (SSSR count). The number of carbonyl (C=O) groups is 1. The highest BCUT2D eigenvalue weighted by molar-refractivity contribution is 14.1. The van der Waals surface area contributed by atoms with E-state index in [1.807, 2.05) is 24.3 Å². The van der Waals surface area contributed by atoms with Gasteiger partial charge in [0.2, 0.25) is 0 Å². The summed E-state index contributed by atoms with van der Waals surface area (Å²) in [4.78, 5) is 10.6. The molecule has 1 aromatic rings. The molecule has 0 saturated carbocycles. The summed E-state index contributed by atoms with van der Waals surface area (Å²) in [5.74, 6) is 1.09. The second kappa shape index (κ2) is 6.01. The molecule has 0 unspecified atom stereocenters. The van der Waals surface area contributed by atoms with Gasteiger partial charge in [-0.25, -0.2) is 0 Å². The van der Waals surface area contributed by atoms with Gasteiger partial charge in [-0.05, 0) is 60.2 Å². The fraction of sp³-hybridized carbons (Fsp3) is 0.364. The van der Waals surface area contributed by atoms with Gasteiger partial charge < -0.3 is 9.53 Å². The molecule has 0 N–H and O–H groups in total. The van der Waals surface area contributed by atoms with Crippen LogP contribution in [-0.4, -0.2) is 12.4 Å². The first kappa shape index (κ1) is 11.5. The molecule has 0 aliphatic rings. The van der Waals surface area contributed by atoms with Crippen molar-refractivity contribution in [3.05, 3.63) is 27.8 Å². The second-order valence-corrected chi connectivity index (χ2v) is 4.35. The normalized spacial score (nSPS) is 9.86. The van der Waals surface area contributed by atoms with E-state index in [9.17, 15) is 4.79 Å². The summed E-state index contributed by atoms with van der Waals surface area (Å²) in [6, 6.07) is 7.88. The van der Waals surface area contributed by atoms with Crippen LogP contribution >= 0.6 is 22.6 Å². The first-order valence-electron chi connectivity index (χ1n) is 4.56. The molecule has 2 nitrogen and oxygen atoms in total. The summed E-state index contributed by atoms with van der Waals surface area (Å²) < 4.78 is 6.65. The van der Waals surface area contributed by atoms with Crippen LogP contribution in [0, 0.1) is 3.57 Å². The minimum atomic E-state index is 0.219. The molecule has 0 amide bonds. The number of halogens is 1. The van der Waals surface area contributed by atoms with Crippen molar-refractivity contribution < 1.29 is 9.53 Å². The fourth-order valence-corrected chi connectivity index (χ4v) is 1.40. The largest absolute Gasteiger partial charge is 0.494 e. The maximum absolute atomic E-state index is 10.6. The summed E-state index contributed by atoms with van der Waals surface area (Å²) in [6.45, 7) is 2.21. The fourth-order valence-electron chi connectivity index (χ4n) is 1.04. The number of Topliss-reactive ketones (excluding diaryl/α,β-unsaturated/α-hetero) is 1. The van der Waals surface area contributed by atoms with Gasteiger partial charge in [-0.2, -0.15) is 0 Å². The molecule has 0 saturated heterocycles. The van der Waals surface area contributed by atoms with Crippen LogP contribution in [0.15, 0.2) is 24.3 Å². The number of hydrogen-bond donors (Lipinski definition) is 0. The molecule has 0 radical (unpaired) electrons. The molecule has 0 aliphatic heterocycles. The van der Waals surface area contributed by atoms with Crippen LogP contribution in [0.5, 0.6) is 5.75 Å². The van der Waals surface area contributed by atoms with Crippen molar-refractivity contribution in [2.24, 2.45) is 0 Å². The Hall–Kier alpha value is -0.580. The van der Waals surface area contributed by atoms with E-state index in [4.69, 9.17) is 4.74 Å². The molecule has 0 heterocycles. The van der Waals surface area contributed by atoms with Crippen LogP contribution in [0.3, 0.4) is 0 Å².